The maximum Gasteiger partial charge on any atom is 0.137 e. The first-order valence-electron chi connectivity index (χ1n) is 8.46. The summed E-state index contributed by atoms with van der Waals surface area (Å²) >= 11 is 0. The number of ether oxygens (including phenoxy) is 1. The third kappa shape index (κ3) is 9.82. The van der Waals surface area contributed by atoms with Crippen LogP contribution in [0.25, 0.3) is 0 Å². The molecule has 0 bridgehead atoms. The summed E-state index contributed by atoms with van der Waals surface area (Å²) in [5.74, 6) is 0.888. The van der Waals surface area contributed by atoms with Crippen LogP contribution in [0.5, 0.6) is 5.75 Å². The molecule has 0 fully saturated rings. The van der Waals surface area contributed by atoms with Crippen molar-refractivity contribution < 1.29 is 4.74 Å². The van der Waals surface area contributed by atoms with Crippen LogP contribution in [0, 0.1) is 0 Å². The van der Waals surface area contributed by atoms with Gasteiger partial charge in [-0.1, -0.05) is 71.1 Å². The molecule has 0 radical (unpaired) electrons. The Morgan fingerprint density at radius 1 is 0.850 bits per heavy atom. The van der Waals surface area contributed by atoms with E-state index in [0.29, 0.717) is 0 Å². The lowest BCUT2D eigenvalue weighted by molar-refractivity contribution is 0.303. The number of rotatable bonds is 13. The van der Waals surface area contributed by atoms with Gasteiger partial charge in [0, 0.05) is 6.20 Å². The zero-order valence-corrected chi connectivity index (χ0v) is 13.2. The fourth-order valence-corrected chi connectivity index (χ4v) is 2.39. The third-order valence-corrected chi connectivity index (χ3v) is 3.65. The van der Waals surface area contributed by atoms with Crippen molar-refractivity contribution in [1.29, 1.82) is 0 Å². The summed E-state index contributed by atoms with van der Waals surface area (Å²) in [7, 11) is 0. The standard InChI is InChI=1S/C18H31NO/c1-2-3-4-5-6-7-8-9-10-11-12-16-20-18-14-13-15-19-17-18/h13-15,17H,2-12,16H2,1H3. The Bertz CT molecular complexity index is 300. The van der Waals surface area contributed by atoms with E-state index in [1.165, 1.54) is 64.2 Å². The molecule has 0 atom stereocenters. The molecule has 0 spiro atoms. The lowest BCUT2D eigenvalue weighted by Crippen LogP contribution is -1.97. The average Bonchev–Trinajstić information content (AvgIpc) is 2.49. The highest BCUT2D eigenvalue weighted by Crippen LogP contribution is 2.12. The molecular formula is C18H31NO. The zero-order valence-electron chi connectivity index (χ0n) is 13.2. The molecule has 2 heteroatoms. The smallest absolute Gasteiger partial charge is 0.137 e. The monoisotopic (exact) mass is 277 g/mol. The van der Waals surface area contributed by atoms with E-state index in [1.807, 2.05) is 12.1 Å². The van der Waals surface area contributed by atoms with Crippen LogP contribution in [0.3, 0.4) is 0 Å². The summed E-state index contributed by atoms with van der Waals surface area (Å²) < 4.78 is 5.63. The minimum atomic E-state index is 0.822. The van der Waals surface area contributed by atoms with Gasteiger partial charge in [0.15, 0.2) is 0 Å². The van der Waals surface area contributed by atoms with E-state index in [0.717, 1.165) is 18.8 Å². The highest BCUT2D eigenvalue weighted by atomic mass is 16.5. The van der Waals surface area contributed by atoms with Gasteiger partial charge in [-0.15, -0.1) is 0 Å². The summed E-state index contributed by atoms with van der Waals surface area (Å²) in [6, 6.07) is 3.88. The lowest BCUT2D eigenvalue weighted by atomic mass is 10.1. The summed E-state index contributed by atoms with van der Waals surface area (Å²) in [5.41, 5.74) is 0. The molecule has 0 aromatic carbocycles. The number of nitrogens with zero attached hydrogens (tertiary/aromatic N) is 1. The molecule has 0 aliphatic rings. The first kappa shape index (κ1) is 17.0. The van der Waals surface area contributed by atoms with Crippen LogP contribution in [-0.4, -0.2) is 11.6 Å². The molecule has 1 aromatic rings. The van der Waals surface area contributed by atoms with Gasteiger partial charge in [-0.05, 0) is 18.6 Å². The molecule has 2 nitrogen and oxygen atoms in total. The van der Waals surface area contributed by atoms with Gasteiger partial charge in [0.05, 0.1) is 12.8 Å². The molecule has 1 rings (SSSR count). The molecule has 0 unspecified atom stereocenters. The van der Waals surface area contributed by atoms with E-state index in [4.69, 9.17) is 4.74 Å². The minimum absolute atomic E-state index is 0.822. The largest absolute Gasteiger partial charge is 0.492 e. The van der Waals surface area contributed by atoms with Crippen molar-refractivity contribution in [2.75, 3.05) is 6.61 Å². The van der Waals surface area contributed by atoms with Crippen molar-refractivity contribution in [3.8, 4) is 5.75 Å². The average molecular weight is 277 g/mol. The van der Waals surface area contributed by atoms with Gasteiger partial charge in [0.25, 0.3) is 0 Å². The van der Waals surface area contributed by atoms with E-state index in [9.17, 15) is 0 Å². The molecule has 114 valence electrons. The fourth-order valence-electron chi connectivity index (χ4n) is 2.39. The summed E-state index contributed by atoms with van der Waals surface area (Å²) in [4.78, 5) is 4.04. The quantitative estimate of drug-likeness (QED) is 0.427. The van der Waals surface area contributed by atoms with Gasteiger partial charge in [-0.3, -0.25) is 4.98 Å². The Balaban J connectivity index is 1.77. The normalized spacial score (nSPS) is 10.7. The SMILES string of the molecule is CCCCCCCCCCCCCOc1cccnc1. The molecule has 0 saturated carbocycles. The van der Waals surface area contributed by atoms with Crippen molar-refractivity contribution in [3.05, 3.63) is 24.5 Å². The van der Waals surface area contributed by atoms with Gasteiger partial charge in [-0.2, -0.15) is 0 Å². The van der Waals surface area contributed by atoms with E-state index >= 15 is 0 Å². The molecule has 0 N–H and O–H groups in total. The molecule has 1 aromatic heterocycles. The van der Waals surface area contributed by atoms with Crippen LogP contribution >= 0.6 is 0 Å². The summed E-state index contributed by atoms with van der Waals surface area (Å²) in [6.45, 7) is 3.10. The second kappa shape index (κ2) is 13.0. The maximum absolute atomic E-state index is 5.63. The van der Waals surface area contributed by atoms with Crippen molar-refractivity contribution in [3.63, 3.8) is 0 Å². The van der Waals surface area contributed by atoms with Crippen molar-refractivity contribution in [2.24, 2.45) is 0 Å². The molecule has 0 amide bonds. The van der Waals surface area contributed by atoms with Gasteiger partial charge in [-0.25, -0.2) is 0 Å². The van der Waals surface area contributed by atoms with Crippen LogP contribution in [-0.2, 0) is 0 Å². The molecule has 0 aliphatic heterocycles. The Hall–Kier alpha value is -1.05. The number of aromatic nitrogens is 1. The number of unbranched alkanes of at least 4 members (excludes halogenated alkanes) is 10. The molecule has 20 heavy (non-hydrogen) atoms. The second-order valence-corrected chi connectivity index (χ2v) is 5.57. The Morgan fingerprint density at radius 3 is 2.00 bits per heavy atom. The highest BCUT2D eigenvalue weighted by molar-refractivity contribution is 5.15. The first-order chi connectivity index (χ1) is 9.93. The van der Waals surface area contributed by atoms with Crippen LogP contribution < -0.4 is 4.74 Å². The topological polar surface area (TPSA) is 22.1 Å². The third-order valence-electron chi connectivity index (χ3n) is 3.65. The van der Waals surface area contributed by atoms with E-state index in [-0.39, 0.29) is 0 Å². The highest BCUT2D eigenvalue weighted by Gasteiger charge is 1.94. The lowest BCUT2D eigenvalue weighted by Gasteiger charge is -2.05. The van der Waals surface area contributed by atoms with Gasteiger partial charge in [0.2, 0.25) is 0 Å². The van der Waals surface area contributed by atoms with E-state index in [1.54, 1.807) is 12.4 Å². The van der Waals surface area contributed by atoms with Crippen LogP contribution in [0.15, 0.2) is 24.5 Å². The Labute approximate surface area is 125 Å². The number of hydrogen-bond acceptors (Lipinski definition) is 2. The van der Waals surface area contributed by atoms with Crippen LogP contribution in [0.2, 0.25) is 0 Å². The van der Waals surface area contributed by atoms with Crippen LogP contribution in [0.1, 0.15) is 77.6 Å². The Kier molecular flexibility index (Phi) is 11.0. The summed E-state index contributed by atoms with van der Waals surface area (Å²) in [6.07, 6.45) is 18.6. The molecule has 0 saturated heterocycles. The Morgan fingerprint density at radius 2 is 1.45 bits per heavy atom. The van der Waals surface area contributed by atoms with Gasteiger partial charge in [0.1, 0.15) is 5.75 Å². The van der Waals surface area contributed by atoms with Crippen molar-refractivity contribution in [1.82, 2.24) is 4.98 Å². The summed E-state index contributed by atoms with van der Waals surface area (Å²) in [5, 5.41) is 0. The van der Waals surface area contributed by atoms with E-state index in [2.05, 4.69) is 11.9 Å². The maximum atomic E-state index is 5.63. The predicted molar refractivity (Wildman–Crippen MR) is 86.2 cm³/mol. The fraction of sp³-hybridized carbons (Fsp3) is 0.722. The number of pyridine rings is 1. The van der Waals surface area contributed by atoms with Gasteiger partial charge < -0.3 is 4.74 Å². The predicted octanol–water partition coefficient (Wildman–Crippen LogP) is 5.77. The number of hydrogen-bond donors (Lipinski definition) is 0. The molecule has 0 aliphatic carbocycles. The molecule has 1 heterocycles. The first-order valence-corrected chi connectivity index (χ1v) is 8.46. The van der Waals surface area contributed by atoms with Crippen molar-refractivity contribution >= 4 is 0 Å². The zero-order chi connectivity index (χ0) is 14.3. The molecular weight excluding hydrogens is 246 g/mol. The minimum Gasteiger partial charge on any atom is -0.492 e. The second-order valence-electron chi connectivity index (χ2n) is 5.57. The van der Waals surface area contributed by atoms with E-state index < -0.39 is 0 Å². The van der Waals surface area contributed by atoms with Crippen molar-refractivity contribution in [2.45, 2.75) is 77.6 Å². The van der Waals surface area contributed by atoms with Gasteiger partial charge >= 0.3 is 0 Å². The van der Waals surface area contributed by atoms with Crippen LogP contribution in [0.4, 0.5) is 0 Å².